The van der Waals surface area contributed by atoms with E-state index < -0.39 is 45.6 Å². The van der Waals surface area contributed by atoms with Gasteiger partial charge in [0.05, 0.1) is 6.04 Å². The van der Waals surface area contributed by atoms with Gasteiger partial charge in [0, 0.05) is 12.3 Å². The number of ketones is 1. The van der Waals surface area contributed by atoms with Gasteiger partial charge in [0.15, 0.2) is 5.44 Å². The van der Waals surface area contributed by atoms with Crippen LogP contribution in [0.1, 0.15) is 51.5 Å². The molecule has 184 valence electrons. The van der Waals surface area contributed by atoms with Crippen molar-refractivity contribution in [2.75, 3.05) is 0 Å². The molecule has 1 unspecified atom stereocenters. The zero-order chi connectivity index (χ0) is 24.6. The monoisotopic (exact) mass is 506 g/mol. The van der Waals surface area contributed by atoms with Crippen molar-refractivity contribution in [1.82, 2.24) is 10.6 Å². The van der Waals surface area contributed by atoms with Gasteiger partial charge in [-0.3, -0.25) is 9.59 Å². The van der Waals surface area contributed by atoms with E-state index in [1.165, 1.54) is 0 Å². The molecule has 1 aliphatic carbocycles. The summed E-state index contributed by atoms with van der Waals surface area (Å²) in [5.41, 5.74) is -1.66. The van der Waals surface area contributed by atoms with Crippen LogP contribution in [0.15, 0.2) is 30.3 Å². The number of alkyl carbamates (subject to hydrolysis) is 1. The van der Waals surface area contributed by atoms with E-state index in [1.807, 2.05) is 19.9 Å². The zero-order valence-corrected chi connectivity index (χ0v) is 22.5. The maximum atomic E-state index is 12.9. The van der Waals surface area contributed by atoms with Crippen LogP contribution >= 0.6 is 0 Å². The number of aliphatic hydroxyl groups excluding tert-OH is 1. The summed E-state index contributed by atoms with van der Waals surface area (Å²) >= 11 is 0. The molecule has 0 aromatic heterocycles. The Balaban J connectivity index is 0.00000578. The Morgan fingerprint density at radius 2 is 1.85 bits per heavy atom. The fraction of sp³-hybridized carbons (Fsp3) is 0.591. The number of carbonyl (C=O) groups is 3. The molecule has 1 aromatic rings. The van der Waals surface area contributed by atoms with Gasteiger partial charge in [-0.15, -0.1) is 0 Å². The zero-order valence-electron chi connectivity index (χ0n) is 19.7. The van der Waals surface area contributed by atoms with Gasteiger partial charge < -0.3 is 25.0 Å². The molecule has 3 N–H and O–H groups in total. The molecule has 0 saturated heterocycles. The van der Waals surface area contributed by atoms with Crippen LogP contribution in [0.25, 0.3) is 0 Å². The summed E-state index contributed by atoms with van der Waals surface area (Å²) in [6.07, 6.45) is 0.600. The number of carbonyl (C=O) groups excluding carboxylic acids is 3. The van der Waals surface area contributed by atoms with Crippen molar-refractivity contribution in [3.63, 3.8) is 0 Å². The molecule has 1 saturated carbocycles. The van der Waals surface area contributed by atoms with E-state index in [2.05, 4.69) is 10.6 Å². The molecule has 10 nitrogen and oxygen atoms in total. The van der Waals surface area contributed by atoms with Crippen LogP contribution in [0.2, 0.25) is 0 Å². The fourth-order valence-electron chi connectivity index (χ4n) is 3.78. The molecular formula is C22H31N2NaO8S. The Morgan fingerprint density at radius 1 is 1.21 bits per heavy atom. The largest absolute Gasteiger partial charge is 1.00 e. The second-order valence-corrected chi connectivity index (χ2v) is 10.1. The van der Waals surface area contributed by atoms with Crippen molar-refractivity contribution in [2.45, 2.75) is 70.1 Å². The van der Waals surface area contributed by atoms with E-state index in [0.717, 1.165) is 5.56 Å². The second-order valence-electron chi connectivity index (χ2n) is 8.68. The predicted molar refractivity (Wildman–Crippen MR) is 118 cm³/mol. The number of amides is 2. The second kappa shape index (κ2) is 14.2. The molecule has 1 aliphatic rings. The summed E-state index contributed by atoms with van der Waals surface area (Å²) in [4.78, 5) is 37.2. The first-order chi connectivity index (χ1) is 15.5. The number of hydrogen-bond donors (Lipinski definition) is 3. The molecule has 0 radical (unpaired) electrons. The van der Waals surface area contributed by atoms with Gasteiger partial charge >= 0.3 is 35.7 Å². The number of nitrogens with one attached hydrogen (secondary N) is 2. The first-order valence-electron chi connectivity index (χ1n) is 10.9. The van der Waals surface area contributed by atoms with Crippen molar-refractivity contribution in [3.8, 4) is 0 Å². The van der Waals surface area contributed by atoms with E-state index in [4.69, 9.17) is 4.74 Å². The average molecular weight is 507 g/mol. The number of Topliss-reactive ketones (excluding diaryl/α,β-unsaturated/α-hetero) is 1. The van der Waals surface area contributed by atoms with E-state index >= 15 is 0 Å². The number of rotatable bonds is 11. The first kappa shape index (κ1) is 30.5. The first-order valence-corrected chi connectivity index (χ1v) is 12.4. The van der Waals surface area contributed by atoms with Crippen LogP contribution in [0, 0.1) is 11.8 Å². The topological polar surface area (TPSA) is 162 Å². The van der Waals surface area contributed by atoms with Gasteiger partial charge in [-0.25, -0.2) is 13.2 Å². The smallest absolute Gasteiger partial charge is 0.746 e. The minimum atomic E-state index is -5.15. The summed E-state index contributed by atoms with van der Waals surface area (Å²) in [6, 6.07) is 6.35. The molecule has 1 fully saturated rings. The van der Waals surface area contributed by atoms with Crippen LogP contribution in [0.4, 0.5) is 4.79 Å². The normalized spacial score (nSPS) is 18.5. The van der Waals surface area contributed by atoms with Gasteiger partial charge in [0.1, 0.15) is 28.6 Å². The van der Waals surface area contributed by atoms with Crippen LogP contribution in [-0.4, -0.2) is 53.4 Å². The van der Waals surface area contributed by atoms with Gasteiger partial charge in [0.2, 0.25) is 5.91 Å². The molecule has 12 heteroatoms. The molecule has 2 rings (SSSR count). The summed E-state index contributed by atoms with van der Waals surface area (Å²) in [5, 5.41) is 14.9. The SMILES string of the molecule is CC(C)C[C@H](NC(=O)OCc1ccccc1)C(=O)N[C@@H](C[C@@H]1CCCC1=O)C(O)S(=O)(=O)[O-].[Na+]. The van der Waals surface area contributed by atoms with E-state index in [9.17, 15) is 32.5 Å². The van der Waals surface area contributed by atoms with Gasteiger partial charge in [-0.05, 0) is 37.2 Å². The molecule has 0 aliphatic heterocycles. The van der Waals surface area contributed by atoms with Gasteiger partial charge in [-0.2, -0.15) is 0 Å². The van der Waals surface area contributed by atoms with Gasteiger partial charge in [-0.1, -0.05) is 44.2 Å². The molecular weight excluding hydrogens is 475 g/mol. The maximum absolute atomic E-state index is 12.9. The van der Waals surface area contributed by atoms with E-state index in [0.29, 0.717) is 19.3 Å². The van der Waals surface area contributed by atoms with Crippen molar-refractivity contribution < 1.29 is 66.8 Å². The van der Waals surface area contributed by atoms with Crippen LogP contribution in [0.5, 0.6) is 0 Å². The fourth-order valence-corrected chi connectivity index (χ4v) is 4.37. The standard InChI is InChI=1S/C22H32N2O8S.Na/c1-14(2)11-17(24-22(28)32-13-15-7-4-3-5-8-15)20(26)23-18(21(27)33(29,30)31)12-16-9-6-10-19(16)25;/h3-5,7-8,14,16-18,21,27H,6,9-13H2,1-2H3,(H,23,26)(H,24,28)(H,29,30,31);/q;+1/p-1/t16-,17-,18-,21?;/m0./s1. The summed E-state index contributed by atoms with van der Waals surface area (Å²) in [5.74, 6) is -1.47. The number of hydrogen-bond acceptors (Lipinski definition) is 8. The Morgan fingerprint density at radius 3 is 2.38 bits per heavy atom. The third-order valence-electron chi connectivity index (χ3n) is 5.47. The summed E-state index contributed by atoms with van der Waals surface area (Å²) in [6.45, 7) is 3.63. The Bertz CT molecular complexity index is 926. The Labute approximate surface area is 222 Å². The molecule has 4 atom stereocenters. The number of benzene rings is 1. The van der Waals surface area contributed by atoms with Crippen molar-refractivity contribution in [1.29, 1.82) is 0 Å². The quantitative estimate of drug-likeness (QED) is 0.240. The maximum Gasteiger partial charge on any atom is 1.00 e. The van der Waals surface area contributed by atoms with E-state index in [1.54, 1.807) is 24.3 Å². The van der Waals surface area contributed by atoms with Crippen molar-refractivity contribution in [2.24, 2.45) is 11.8 Å². The molecule has 0 spiro atoms. The van der Waals surface area contributed by atoms with Crippen molar-refractivity contribution in [3.05, 3.63) is 35.9 Å². The minimum Gasteiger partial charge on any atom is -0.746 e. The molecule has 0 bridgehead atoms. The van der Waals surface area contributed by atoms with E-state index in [-0.39, 0.29) is 60.7 Å². The summed E-state index contributed by atoms with van der Waals surface area (Å²) in [7, 11) is -5.15. The average Bonchev–Trinajstić information content (AvgIpc) is 3.14. The minimum absolute atomic E-state index is 0. The third-order valence-corrected chi connectivity index (χ3v) is 6.39. The van der Waals surface area contributed by atoms with Crippen molar-refractivity contribution >= 4 is 27.9 Å². The summed E-state index contributed by atoms with van der Waals surface area (Å²) < 4.78 is 39.4. The van der Waals surface area contributed by atoms with Gasteiger partial charge in [0.25, 0.3) is 0 Å². The molecule has 2 amide bonds. The Hall–Kier alpha value is -1.50. The number of aliphatic hydroxyl groups is 1. The Kier molecular flexibility index (Phi) is 12.7. The predicted octanol–water partition coefficient (Wildman–Crippen LogP) is -1.56. The third kappa shape index (κ3) is 10.0. The molecule has 34 heavy (non-hydrogen) atoms. The van der Waals surface area contributed by atoms with Crippen LogP contribution < -0.4 is 40.2 Å². The number of ether oxygens (including phenoxy) is 1. The van der Waals surface area contributed by atoms with Crippen LogP contribution in [0.3, 0.4) is 0 Å². The molecule has 1 aromatic carbocycles. The molecule has 0 heterocycles. The van der Waals surface area contributed by atoms with Crippen LogP contribution in [-0.2, 0) is 31.1 Å².